The minimum absolute atomic E-state index is 0.380. The number of halogens is 1. The SMILES string of the molecule is CC1CCN(CC2CCCCC2NC(Cl)Oc2ccc(C(N)=O)cc2)CC1. The Labute approximate surface area is 167 Å². The fourth-order valence-corrected chi connectivity index (χ4v) is 4.51. The first kappa shape index (κ1) is 20.4. The van der Waals surface area contributed by atoms with Crippen LogP contribution in [-0.2, 0) is 0 Å². The van der Waals surface area contributed by atoms with Gasteiger partial charge in [-0.2, -0.15) is 0 Å². The lowest BCUT2D eigenvalue weighted by Crippen LogP contribution is -2.49. The third kappa shape index (κ3) is 6.09. The van der Waals surface area contributed by atoms with E-state index < -0.39 is 11.6 Å². The maximum Gasteiger partial charge on any atom is 0.248 e. The van der Waals surface area contributed by atoms with Crippen LogP contribution in [0.3, 0.4) is 0 Å². The number of amides is 1. The van der Waals surface area contributed by atoms with Crippen molar-refractivity contribution in [3.8, 4) is 5.75 Å². The number of likely N-dealkylation sites (tertiary alicyclic amines) is 1. The van der Waals surface area contributed by atoms with Gasteiger partial charge in [-0.05, 0) is 74.9 Å². The molecular weight excluding hydrogens is 362 g/mol. The number of nitrogens with one attached hydrogen (secondary N) is 1. The highest BCUT2D eigenvalue weighted by atomic mass is 35.5. The van der Waals surface area contributed by atoms with Crippen molar-refractivity contribution in [2.75, 3.05) is 19.6 Å². The molecule has 3 N–H and O–H groups in total. The normalized spacial score (nSPS) is 25.9. The lowest BCUT2D eigenvalue weighted by molar-refractivity contribution is 0.1000. The molecule has 2 aliphatic rings. The van der Waals surface area contributed by atoms with E-state index in [0.717, 1.165) is 18.9 Å². The molecule has 27 heavy (non-hydrogen) atoms. The number of ether oxygens (including phenoxy) is 1. The van der Waals surface area contributed by atoms with Gasteiger partial charge < -0.3 is 15.4 Å². The first-order valence-electron chi connectivity index (χ1n) is 10.2. The molecule has 0 spiro atoms. The van der Waals surface area contributed by atoms with Crippen molar-refractivity contribution in [2.24, 2.45) is 17.6 Å². The van der Waals surface area contributed by atoms with E-state index in [1.807, 2.05) is 0 Å². The summed E-state index contributed by atoms with van der Waals surface area (Å²) in [6, 6.07) is 7.14. The van der Waals surface area contributed by atoms with Crippen molar-refractivity contribution in [3.63, 3.8) is 0 Å². The molecule has 5 nitrogen and oxygen atoms in total. The van der Waals surface area contributed by atoms with Gasteiger partial charge in [0.25, 0.3) is 0 Å². The fraction of sp³-hybridized carbons (Fsp3) is 0.667. The Kier molecular flexibility index (Phi) is 7.39. The molecule has 0 aromatic heterocycles. The molecule has 1 heterocycles. The topological polar surface area (TPSA) is 67.6 Å². The highest BCUT2D eigenvalue weighted by Gasteiger charge is 2.29. The number of piperidine rings is 1. The monoisotopic (exact) mass is 393 g/mol. The maximum absolute atomic E-state index is 11.2. The molecule has 1 saturated heterocycles. The van der Waals surface area contributed by atoms with Crippen LogP contribution in [0.15, 0.2) is 24.3 Å². The number of carbonyl (C=O) groups is 1. The first-order valence-corrected chi connectivity index (χ1v) is 10.6. The lowest BCUT2D eigenvalue weighted by atomic mass is 9.83. The molecule has 0 bridgehead atoms. The number of nitrogens with zero attached hydrogens (tertiary/aromatic N) is 1. The Morgan fingerprint density at radius 2 is 1.89 bits per heavy atom. The molecule has 1 saturated carbocycles. The molecule has 2 fully saturated rings. The number of rotatable bonds is 7. The molecule has 6 heteroatoms. The summed E-state index contributed by atoms with van der Waals surface area (Å²) in [7, 11) is 0. The second-order valence-corrected chi connectivity index (χ2v) is 8.52. The number of hydrogen-bond acceptors (Lipinski definition) is 4. The molecule has 1 amide bonds. The molecule has 150 valence electrons. The first-order chi connectivity index (χ1) is 13.0. The lowest BCUT2D eigenvalue weighted by Gasteiger charge is -2.39. The fourth-order valence-electron chi connectivity index (χ4n) is 4.24. The third-order valence-electron chi connectivity index (χ3n) is 6.00. The summed E-state index contributed by atoms with van der Waals surface area (Å²) in [5.74, 6) is 1.67. The average Bonchev–Trinajstić information content (AvgIpc) is 2.65. The largest absolute Gasteiger partial charge is 0.462 e. The Hall–Kier alpha value is -1.30. The predicted octanol–water partition coefficient (Wildman–Crippen LogP) is 3.57. The zero-order valence-corrected chi connectivity index (χ0v) is 17.0. The number of benzene rings is 1. The van der Waals surface area contributed by atoms with Gasteiger partial charge >= 0.3 is 0 Å². The van der Waals surface area contributed by atoms with E-state index in [2.05, 4.69) is 17.1 Å². The molecule has 3 rings (SSSR count). The van der Waals surface area contributed by atoms with Gasteiger partial charge in [-0.1, -0.05) is 31.4 Å². The number of hydrogen-bond donors (Lipinski definition) is 2. The molecule has 1 aliphatic carbocycles. The van der Waals surface area contributed by atoms with Crippen LogP contribution in [0.2, 0.25) is 0 Å². The molecule has 1 aliphatic heterocycles. The minimum atomic E-state index is -0.587. The Morgan fingerprint density at radius 1 is 1.22 bits per heavy atom. The summed E-state index contributed by atoms with van der Waals surface area (Å²) in [6.45, 7) is 5.95. The average molecular weight is 394 g/mol. The van der Waals surface area contributed by atoms with Gasteiger partial charge in [0.2, 0.25) is 11.6 Å². The van der Waals surface area contributed by atoms with E-state index in [0.29, 0.717) is 23.3 Å². The van der Waals surface area contributed by atoms with Crippen LogP contribution >= 0.6 is 11.6 Å². The summed E-state index contributed by atoms with van der Waals surface area (Å²) >= 11 is 6.44. The second-order valence-electron chi connectivity index (χ2n) is 8.12. The van der Waals surface area contributed by atoms with Crippen LogP contribution in [0.25, 0.3) is 0 Å². The highest BCUT2D eigenvalue weighted by Crippen LogP contribution is 2.28. The Morgan fingerprint density at radius 3 is 2.56 bits per heavy atom. The van der Waals surface area contributed by atoms with Gasteiger partial charge in [-0.25, -0.2) is 0 Å². The van der Waals surface area contributed by atoms with Crippen LogP contribution in [0.5, 0.6) is 5.75 Å². The van der Waals surface area contributed by atoms with Crippen molar-refractivity contribution in [2.45, 2.75) is 57.2 Å². The van der Waals surface area contributed by atoms with Gasteiger partial charge in [0, 0.05) is 18.2 Å². The van der Waals surface area contributed by atoms with Gasteiger partial charge in [-0.3, -0.25) is 10.1 Å². The summed E-state index contributed by atoms with van der Waals surface area (Å²) in [6.07, 6.45) is 7.56. The van der Waals surface area contributed by atoms with Crippen molar-refractivity contribution >= 4 is 17.5 Å². The van der Waals surface area contributed by atoms with Crippen molar-refractivity contribution in [1.82, 2.24) is 10.2 Å². The number of alkyl halides is 1. The van der Waals surface area contributed by atoms with E-state index >= 15 is 0 Å². The highest BCUT2D eigenvalue weighted by molar-refractivity contribution is 6.19. The van der Waals surface area contributed by atoms with Gasteiger partial charge in [0.05, 0.1) is 0 Å². The quantitative estimate of drug-likeness (QED) is 0.422. The standard InChI is InChI=1S/C21H32ClN3O2/c1-15-10-12-25(13-11-15)14-17-4-2-3-5-19(17)24-21(22)27-18-8-6-16(7-9-18)20(23)26/h6-9,15,17,19,21,24H,2-5,10-14H2,1H3,(H2,23,26). The summed E-state index contributed by atoms with van der Waals surface area (Å²) in [5.41, 5.74) is 5.14. The zero-order valence-electron chi connectivity index (χ0n) is 16.2. The van der Waals surface area contributed by atoms with Crippen LogP contribution < -0.4 is 15.8 Å². The molecule has 1 aromatic carbocycles. The smallest absolute Gasteiger partial charge is 0.248 e. The number of primary amides is 1. The van der Waals surface area contributed by atoms with Gasteiger partial charge in [-0.15, -0.1) is 0 Å². The maximum atomic E-state index is 11.2. The van der Waals surface area contributed by atoms with E-state index in [9.17, 15) is 4.79 Å². The van der Waals surface area contributed by atoms with Crippen LogP contribution in [0, 0.1) is 11.8 Å². The van der Waals surface area contributed by atoms with E-state index in [4.69, 9.17) is 22.1 Å². The summed E-state index contributed by atoms with van der Waals surface area (Å²) in [4.78, 5) is 13.8. The number of nitrogens with two attached hydrogens (primary N) is 1. The van der Waals surface area contributed by atoms with Crippen LogP contribution in [0.1, 0.15) is 55.8 Å². The van der Waals surface area contributed by atoms with Gasteiger partial charge in [0.1, 0.15) is 5.75 Å². The zero-order chi connectivity index (χ0) is 19.2. The summed E-state index contributed by atoms with van der Waals surface area (Å²) in [5, 5.41) is 3.48. The number of carbonyl (C=O) groups excluding carboxylic acids is 1. The minimum Gasteiger partial charge on any atom is -0.462 e. The molecule has 1 aromatic rings. The Bertz CT molecular complexity index is 602. The van der Waals surface area contributed by atoms with E-state index in [-0.39, 0.29) is 0 Å². The molecular formula is C21H32ClN3O2. The van der Waals surface area contributed by atoms with Crippen molar-refractivity contribution < 1.29 is 9.53 Å². The van der Waals surface area contributed by atoms with Crippen molar-refractivity contribution in [3.05, 3.63) is 29.8 Å². The molecule has 0 radical (unpaired) electrons. The second kappa shape index (κ2) is 9.76. The van der Waals surface area contributed by atoms with E-state index in [1.54, 1.807) is 24.3 Å². The van der Waals surface area contributed by atoms with Crippen molar-refractivity contribution in [1.29, 1.82) is 0 Å². The van der Waals surface area contributed by atoms with Gasteiger partial charge in [0.15, 0.2) is 0 Å². The molecule has 3 unspecified atom stereocenters. The van der Waals surface area contributed by atoms with Crippen LogP contribution in [-0.4, -0.2) is 42.2 Å². The molecule has 3 atom stereocenters. The predicted molar refractivity (Wildman–Crippen MR) is 109 cm³/mol. The Balaban J connectivity index is 1.51. The van der Waals surface area contributed by atoms with E-state index in [1.165, 1.54) is 45.2 Å². The summed E-state index contributed by atoms with van der Waals surface area (Å²) < 4.78 is 5.79. The third-order valence-corrected chi connectivity index (χ3v) is 6.22. The van der Waals surface area contributed by atoms with Crippen LogP contribution in [0.4, 0.5) is 0 Å².